The van der Waals surface area contributed by atoms with Gasteiger partial charge in [0.1, 0.15) is 22.8 Å². The number of amides is 1. The second-order valence-electron chi connectivity index (χ2n) is 10.1. The number of nitrogens with two attached hydrogens (primary N) is 1. The van der Waals surface area contributed by atoms with Gasteiger partial charge in [-0.2, -0.15) is 0 Å². The van der Waals surface area contributed by atoms with Crippen LogP contribution in [0.15, 0.2) is 29.0 Å². The molecule has 0 bridgehead atoms. The summed E-state index contributed by atoms with van der Waals surface area (Å²) in [5, 5.41) is 47.5. The molecule has 0 aliphatic heterocycles. The van der Waals surface area contributed by atoms with E-state index in [9.17, 15) is 34.8 Å². The minimum Gasteiger partial charge on any atom is -0.508 e. The van der Waals surface area contributed by atoms with E-state index in [-0.39, 0.29) is 35.8 Å². The van der Waals surface area contributed by atoms with E-state index >= 15 is 0 Å². The Morgan fingerprint density at radius 2 is 1.89 bits per heavy atom. The second kappa shape index (κ2) is 8.47. The van der Waals surface area contributed by atoms with E-state index in [2.05, 4.69) is 5.32 Å². The molecule has 4 atom stereocenters. The topological polar surface area (TPSA) is 173 Å². The number of carbonyl (C=O) groups is 3. The van der Waals surface area contributed by atoms with Crippen molar-refractivity contribution in [3.8, 4) is 5.75 Å². The molecule has 0 heterocycles. The first-order valence-corrected chi connectivity index (χ1v) is 11.5. The van der Waals surface area contributed by atoms with Crippen LogP contribution in [-0.4, -0.2) is 74.6 Å². The van der Waals surface area contributed by atoms with Crippen molar-refractivity contribution < 1.29 is 34.8 Å². The van der Waals surface area contributed by atoms with Crippen molar-refractivity contribution in [2.75, 3.05) is 14.1 Å². The Kier molecular flexibility index (Phi) is 6.03. The van der Waals surface area contributed by atoms with E-state index in [0.717, 1.165) is 5.56 Å². The van der Waals surface area contributed by atoms with Crippen LogP contribution in [0, 0.1) is 11.8 Å². The third kappa shape index (κ3) is 3.55. The van der Waals surface area contributed by atoms with Crippen molar-refractivity contribution >= 4 is 23.2 Å². The number of carbonyl (C=O) groups excluding carboxylic acids is 3. The number of phenolic OH excluding ortho intramolecular Hbond substituents is 1. The molecule has 10 heteroatoms. The molecule has 4 rings (SSSR count). The summed E-state index contributed by atoms with van der Waals surface area (Å²) in [7, 11) is 3.14. The first-order valence-electron chi connectivity index (χ1n) is 11.5. The highest BCUT2D eigenvalue weighted by molar-refractivity contribution is 6.24. The molecule has 0 aromatic heterocycles. The number of fused-ring (bicyclic) bond motifs is 3. The monoisotopic (exact) mass is 485 g/mol. The summed E-state index contributed by atoms with van der Waals surface area (Å²) in [5.41, 5.74) is 3.34. The molecule has 0 spiro atoms. The Morgan fingerprint density at radius 3 is 2.46 bits per heavy atom. The number of phenols is 1. The Hall–Kier alpha value is -3.21. The molecule has 4 unspecified atom stereocenters. The Labute approximate surface area is 202 Å². The van der Waals surface area contributed by atoms with Gasteiger partial charge in [0.05, 0.1) is 11.6 Å². The predicted octanol–water partition coefficient (Wildman–Crippen LogP) is 0.462. The lowest BCUT2D eigenvalue weighted by atomic mass is 9.57. The molecule has 188 valence electrons. The van der Waals surface area contributed by atoms with E-state index < -0.39 is 58.0 Å². The number of ketones is 2. The van der Waals surface area contributed by atoms with Gasteiger partial charge in [-0.3, -0.25) is 19.3 Å². The van der Waals surface area contributed by atoms with Gasteiger partial charge in [0.2, 0.25) is 5.78 Å². The quantitative estimate of drug-likeness (QED) is 0.324. The van der Waals surface area contributed by atoms with E-state index in [4.69, 9.17) is 5.73 Å². The standard InChI is InChI=1S/C25H31N3O7/c1-10(2)27-9-11-5-6-15(29)17-13(11)7-12-8-14-19(28(3)4)21(31)18(24(26)34)23(33)25(14,35)22(32)16(12)20(17)30/h5-6,10,12,14,19,27,29-30,33,35H,7-9H2,1-4H3,(H2,26,34). The summed E-state index contributed by atoms with van der Waals surface area (Å²) in [6.45, 7) is 4.46. The minimum atomic E-state index is -2.63. The number of hydrogen-bond acceptors (Lipinski definition) is 9. The van der Waals surface area contributed by atoms with Gasteiger partial charge in [0.25, 0.3) is 5.91 Å². The van der Waals surface area contributed by atoms with E-state index in [1.165, 1.54) is 11.0 Å². The van der Waals surface area contributed by atoms with Crippen LogP contribution in [0.2, 0.25) is 0 Å². The fourth-order valence-corrected chi connectivity index (χ4v) is 5.79. The number of Topliss-reactive ketones (excluding diaryl/α,β-unsaturated/α-hetero) is 2. The van der Waals surface area contributed by atoms with Crippen LogP contribution in [0.1, 0.15) is 37.0 Å². The molecule has 7 N–H and O–H groups in total. The molecule has 1 aromatic carbocycles. The molecule has 1 saturated carbocycles. The number of benzene rings is 1. The van der Waals surface area contributed by atoms with Crippen LogP contribution in [0.3, 0.4) is 0 Å². The third-order valence-corrected chi connectivity index (χ3v) is 7.40. The normalized spacial score (nSPS) is 28.4. The molecule has 3 aliphatic carbocycles. The van der Waals surface area contributed by atoms with Gasteiger partial charge in [0, 0.05) is 24.1 Å². The smallest absolute Gasteiger partial charge is 0.255 e. The molecule has 1 amide bonds. The van der Waals surface area contributed by atoms with Crippen LogP contribution in [0.4, 0.5) is 0 Å². The molecule has 3 aliphatic rings. The molecular weight excluding hydrogens is 454 g/mol. The summed E-state index contributed by atoms with van der Waals surface area (Å²) in [6.07, 6.45) is 0.344. The maximum Gasteiger partial charge on any atom is 0.255 e. The Morgan fingerprint density at radius 1 is 1.23 bits per heavy atom. The third-order valence-electron chi connectivity index (χ3n) is 7.40. The zero-order valence-electron chi connectivity index (χ0n) is 20.1. The maximum atomic E-state index is 13.8. The molecular formula is C25H31N3O7. The highest BCUT2D eigenvalue weighted by atomic mass is 16.3. The lowest BCUT2D eigenvalue weighted by Gasteiger charge is -2.50. The molecule has 10 nitrogen and oxygen atoms in total. The number of aromatic hydroxyl groups is 1. The van der Waals surface area contributed by atoms with E-state index in [1.807, 2.05) is 13.8 Å². The van der Waals surface area contributed by atoms with Gasteiger partial charge in [0.15, 0.2) is 11.4 Å². The first-order chi connectivity index (χ1) is 16.3. The van der Waals surface area contributed by atoms with Crippen molar-refractivity contribution in [1.29, 1.82) is 0 Å². The summed E-state index contributed by atoms with van der Waals surface area (Å²) in [5.74, 6) is -6.50. The SMILES string of the molecule is CC(C)NCc1ccc(O)c2c1CC1CC3C(N(C)C)C(=O)C(C(N)=O)=C(O)C3(O)C(=O)C1=C2O. The molecule has 0 saturated heterocycles. The summed E-state index contributed by atoms with van der Waals surface area (Å²) in [4.78, 5) is 40.4. The summed E-state index contributed by atoms with van der Waals surface area (Å²) < 4.78 is 0. The lowest BCUT2D eigenvalue weighted by Crippen LogP contribution is -2.65. The van der Waals surface area contributed by atoms with E-state index in [1.54, 1.807) is 20.2 Å². The molecule has 35 heavy (non-hydrogen) atoms. The van der Waals surface area contributed by atoms with Crippen LogP contribution < -0.4 is 11.1 Å². The maximum absolute atomic E-state index is 13.8. The van der Waals surface area contributed by atoms with Crippen molar-refractivity contribution in [2.45, 2.75) is 50.9 Å². The lowest BCUT2D eigenvalue weighted by molar-refractivity contribution is -0.153. The Bertz CT molecular complexity index is 1200. The minimum absolute atomic E-state index is 0.0679. The van der Waals surface area contributed by atoms with Gasteiger partial charge in [-0.05, 0) is 50.0 Å². The number of aliphatic hydroxyl groups excluding tert-OH is 2. The van der Waals surface area contributed by atoms with E-state index in [0.29, 0.717) is 12.1 Å². The van der Waals surface area contributed by atoms with Gasteiger partial charge < -0.3 is 31.5 Å². The van der Waals surface area contributed by atoms with Crippen LogP contribution in [0.5, 0.6) is 5.75 Å². The number of nitrogens with zero attached hydrogens (tertiary/aromatic N) is 1. The largest absolute Gasteiger partial charge is 0.508 e. The highest BCUT2D eigenvalue weighted by Crippen LogP contribution is 2.52. The van der Waals surface area contributed by atoms with Crippen LogP contribution in [-0.2, 0) is 27.3 Å². The molecule has 0 radical (unpaired) electrons. The van der Waals surface area contributed by atoms with Crippen LogP contribution in [0.25, 0.3) is 5.76 Å². The van der Waals surface area contributed by atoms with Crippen molar-refractivity contribution in [2.24, 2.45) is 17.6 Å². The molecule has 1 fully saturated rings. The van der Waals surface area contributed by atoms with Crippen molar-refractivity contribution in [3.05, 3.63) is 45.7 Å². The number of hydrogen-bond donors (Lipinski definition) is 6. The second-order valence-corrected chi connectivity index (χ2v) is 10.1. The van der Waals surface area contributed by atoms with Crippen molar-refractivity contribution in [3.63, 3.8) is 0 Å². The van der Waals surface area contributed by atoms with Gasteiger partial charge in [-0.25, -0.2) is 0 Å². The Balaban J connectivity index is 1.92. The fourth-order valence-electron chi connectivity index (χ4n) is 5.79. The number of aliphatic hydroxyl groups is 3. The van der Waals surface area contributed by atoms with Gasteiger partial charge >= 0.3 is 0 Å². The zero-order valence-corrected chi connectivity index (χ0v) is 20.1. The average molecular weight is 486 g/mol. The number of nitrogens with one attached hydrogen (secondary N) is 1. The van der Waals surface area contributed by atoms with Gasteiger partial charge in [-0.1, -0.05) is 19.9 Å². The number of likely N-dealkylation sites (N-methyl/N-ethyl adjacent to an activating group) is 1. The molecule has 1 aromatic rings. The summed E-state index contributed by atoms with van der Waals surface area (Å²) >= 11 is 0. The number of primary amides is 1. The first kappa shape index (κ1) is 24.9. The highest BCUT2D eigenvalue weighted by Gasteiger charge is 2.64. The van der Waals surface area contributed by atoms with Crippen LogP contribution >= 0.6 is 0 Å². The van der Waals surface area contributed by atoms with Gasteiger partial charge in [-0.15, -0.1) is 0 Å². The summed E-state index contributed by atoms with van der Waals surface area (Å²) in [6, 6.07) is 2.28. The number of rotatable bonds is 5. The fraction of sp³-hybridized carbons (Fsp3) is 0.480. The average Bonchev–Trinajstić information content (AvgIpc) is 2.75. The predicted molar refractivity (Wildman–Crippen MR) is 126 cm³/mol. The zero-order chi connectivity index (χ0) is 26.0. The van der Waals surface area contributed by atoms with Crippen molar-refractivity contribution in [1.82, 2.24) is 10.2 Å².